The number of aryl methyl sites for hydroxylation is 1. The quantitative estimate of drug-likeness (QED) is 0.438. The van der Waals surface area contributed by atoms with Gasteiger partial charge in [0.1, 0.15) is 11.5 Å². The van der Waals surface area contributed by atoms with E-state index < -0.39 is 23.8 Å². The number of benzene rings is 2. The zero-order valence-corrected chi connectivity index (χ0v) is 15.1. The number of hydrogen-bond acceptors (Lipinski definition) is 5. The van der Waals surface area contributed by atoms with Gasteiger partial charge in [0, 0.05) is 12.1 Å². The Morgan fingerprint density at radius 1 is 1.15 bits per heavy atom. The number of rotatable bonds is 4. The SMILES string of the molecule is Cc1ccc(C(O)=C2C(=O)C(=O)N(C[C@H](C)O)[C@@H]2c2cccc(O)c2)cc1. The molecule has 1 aliphatic rings. The number of amides is 1. The van der Waals surface area contributed by atoms with Gasteiger partial charge in [0.15, 0.2) is 0 Å². The van der Waals surface area contributed by atoms with Crippen LogP contribution in [-0.4, -0.2) is 44.6 Å². The Morgan fingerprint density at radius 3 is 2.41 bits per heavy atom. The van der Waals surface area contributed by atoms with E-state index in [1.807, 2.05) is 6.92 Å². The molecule has 2 aromatic rings. The van der Waals surface area contributed by atoms with Gasteiger partial charge in [-0.05, 0) is 31.5 Å². The van der Waals surface area contributed by atoms with Crippen molar-refractivity contribution >= 4 is 17.4 Å². The van der Waals surface area contributed by atoms with Crippen molar-refractivity contribution in [2.24, 2.45) is 0 Å². The minimum atomic E-state index is -0.895. The minimum absolute atomic E-state index is 0.0227. The van der Waals surface area contributed by atoms with Crippen LogP contribution >= 0.6 is 0 Å². The molecule has 0 unspecified atom stereocenters. The lowest BCUT2D eigenvalue weighted by molar-refractivity contribution is -0.140. The first-order chi connectivity index (χ1) is 12.8. The fraction of sp³-hybridized carbons (Fsp3) is 0.238. The standard InChI is InChI=1S/C21H21NO5/c1-12-6-8-14(9-7-12)19(25)17-18(15-4-3-5-16(24)10-15)22(11-13(2)23)21(27)20(17)26/h3-10,13,18,23-25H,11H2,1-2H3/t13-,18+/m0/s1. The molecule has 1 fully saturated rings. The van der Waals surface area contributed by atoms with Gasteiger partial charge >= 0.3 is 0 Å². The van der Waals surface area contributed by atoms with Gasteiger partial charge in [-0.1, -0.05) is 42.0 Å². The van der Waals surface area contributed by atoms with Gasteiger partial charge in [0.25, 0.3) is 11.7 Å². The average Bonchev–Trinajstić information content (AvgIpc) is 2.86. The van der Waals surface area contributed by atoms with E-state index in [1.54, 1.807) is 36.4 Å². The molecule has 0 aromatic heterocycles. The zero-order valence-electron chi connectivity index (χ0n) is 15.1. The Morgan fingerprint density at radius 2 is 1.81 bits per heavy atom. The van der Waals surface area contributed by atoms with Crippen molar-refractivity contribution in [2.45, 2.75) is 26.0 Å². The summed E-state index contributed by atoms with van der Waals surface area (Å²) in [4.78, 5) is 26.5. The molecule has 27 heavy (non-hydrogen) atoms. The Kier molecular flexibility index (Phi) is 5.01. The molecule has 140 valence electrons. The largest absolute Gasteiger partial charge is 0.508 e. The predicted octanol–water partition coefficient (Wildman–Crippen LogP) is 2.50. The second-order valence-corrected chi connectivity index (χ2v) is 6.76. The van der Waals surface area contributed by atoms with Gasteiger partial charge < -0.3 is 20.2 Å². The van der Waals surface area contributed by atoms with Crippen molar-refractivity contribution in [2.75, 3.05) is 6.54 Å². The fourth-order valence-electron chi connectivity index (χ4n) is 3.26. The van der Waals surface area contributed by atoms with Crippen LogP contribution in [0.15, 0.2) is 54.1 Å². The number of aromatic hydroxyl groups is 1. The molecule has 0 saturated carbocycles. The van der Waals surface area contributed by atoms with Crippen LogP contribution in [0.25, 0.3) is 5.76 Å². The zero-order chi connectivity index (χ0) is 19.7. The van der Waals surface area contributed by atoms with Gasteiger partial charge in [-0.3, -0.25) is 9.59 Å². The highest BCUT2D eigenvalue weighted by molar-refractivity contribution is 6.46. The number of nitrogens with zero attached hydrogens (tertiary/aromatic N) is 1. The van der Waals surface area contributed by atoms with Crippen molar-refractivity contribution in [1.29, 1.82) is 0 Å². The first kappa shape index (κ1) is 18.7. The van der Waals surface area contributed by atoms with E-state index in [9.17, 15) is 24.9 Å². The maximum atomic E-state index is 12.7. The van der Waals surface area contributed by atoms with Gasteiger partial charge in [0.2, 0.25) is 0 Å². The fourth-order valence-corrected chi connectivity index (χ4v) is 3.26. The maximum Gasteiger partial charge on any atom is 0.295 e. The van der Waals surface area contributed by atoms with Gasteiger partial charge in [0.05, 0.1) is 17.7 Å². The molecule has 2 atom stereocenters. The molecule has 0 radical (unpaired) electrons. The maximum absolute atomic E-state index is 12.7. The van der Waals surface area contributed by atoms with Crippen LogP contribution in [0.4, 0.5) is 0 Å². The second kappa shape index (κ2) is 7.25. The number of Topliss-reactive ketones (excluding diaryl/α,β-unsaturated/α-hetero) is 1. The number of ketones is 1. The van der Waals surface area contributed by atoms with Crippen LogP contribution in [-0.2, 0) is 9.59 Å². The number of phenolic OH excluding ortho intramolecular Hbond substituents is 1. The van der Waals surface area contributed by atoms with E-state index in [4.69, 9.17) is 0 Å². The molecular weight excluding hydrogens is 346 g/mol. The molecule has 0 aliphatic carbocycles. The molecule has 0 spiro atoms. The molecule has 3 rings (SSSR count). The monoisotopic (exact) mass is 367 g/mol. The van der Waals surface area contributed by atoms with Crippen LogP contribution in [0.1, 0.15) is 29.7 Å². The number of β-amino-alcohol motifs (C(OH)–C–C–N with tert-alkyl or cyclic N) is 1. The Hall–Kier alpha value is -3.12. The van der Waals surface area contributed by atoms with Crippen molar-refractivity contribution in [3.63, 3.8) is 0 Å². The molecule has 3 N–H and O–H groups in total. The van der Waals surface area contributed by atoms with Gasteiger partial charge in [-0.15, -0.1) is 0 Å². The number of carbonyl (C=O) groups excluding carboxylic acids is 2. The van der Waals surface area contributed by atoms with E-state index >= 15 is 0 Å². The molecule has 1 saturated heterocycles. The molecule has 0 bridgehead atoms. The van der Waals surface area contributed by atoms with E-state index in [-0.39, 0.29) is 23.6 Å². The summed E-state index contributed by atoms with van der Waals surface area (Å²) in [6, 6.07) is 12.2. The molecule has 2 aromatic carbocycles. The average molecular weight is 367 g/mol. The summed E-state index contributed by atoms with van der Waals surface area (Å²) in [7, 11) is 0. The summed E-state index contributed by atoms with van der Waals surface area (Å²) in [6.45, 7) is 3.34. The summed E-state index contributed by atoms with van der Waals surface area (Å²) in [6.07, 6.45) is -0.859. The highest BCUT2D eigenvalue weighted by atomic mass is 16.3. The highest BCUT2D eigenvalue weighted by Gasteiger charge is 2.46. The van der Waals surface area contributed by atoms with Crippen LogP contribution < -0.4 is 0 Å². The molecule has 6 heteroatoms. The minimum Gasteiger partial charge on any atom is -0.508 e. The third kappa shape index (κ3) is 3.57. The van der Waals surface area contributed by atoms with Gasteiger partial charge in [-0.25, -0.2) is 0 Å². The summed E-state index contributed by atoms with van der Waals surface area (Å²) in [5.41, 5.74) is 1.82. The number of aliphatic hydroxyl groups excluding tert-OH is 2. The molecule has 1 amide bonds. The Bertz CT molecular complexity index is 914. The summed E-state index contributed by atoms with van der Waals surface area (Å²) in [5, 5.41) is 30.4. The third-order valence-electron chi connectivity index (χ3n) is 4.51. The predicted molar refractivity (Wildman–Crippen MR) is 100.0 cm³/mol. The number of likely N-dealkylation sites (tertiary alicyclic amines) is 1. The molecule has 1 heterocycles. The lowest BCUT2D eigenvalue weighted by atomic mass is 9.95. The molecule has 6 nitrogen and oxygen atoms in total. The van der Waals surface area contributed by atoms with Crippen LogP contribution in [0.3, 0.4) is 0 Å². The summed E-state index contributed by atoms with van der Waals surface area (Å²) >= 11 is 0. The Balaban J connectivity index is 2.19. The smallest absolute Gasteiger partial charge is 0.295 e. The lowest BCUT2D eigenvalue weighted by Crippen LogP contribution is -2.35. The van der Waals surface area contributed by atoms with Crippen molar-refractivity contribution < 1.29 is 24.9 Å². The summed E-state index contributed by atoms with van der Waals surface area (Å²) < 4.78 is 0. The second-order valence-electron chi connectivity index (χ2n) is 6.76. The third-order valence-corrected chi connectivity index (χ3v) is 4.51. The summed E-state index contributed by atoms with van der Waals surface area (Å²) in [5.74, 6) is -1.92. The number of carbonyl (C=O) groups is 2. The topological polar surface area (TPSA) is 98.1 Å². The number of aliphatic hydroxyl groups is 2. The molecular formula is C21H21NO5. The van der Waals surface area contributed by atoms with Crippen LogP contribution in [0.2, 0.25) is 0 Å². The number of phenols is 1. The van der Waals surface area contributed by atoms with Gasteiger partial charge in [-0.2, -0.15) is 0 Å². The van der Waals surface area contributed by atoms with Crippen molar-refractivity contribution in [1.82, 2.24) is 4.90 Å². The highest BCUT2D eigenvalue weighted by Crippen LogP contribution is 2.40. The van der Waals surface area contributed by atoms with E-state index in [0.29, 0.717) is 11.1 Å². The number of hydrogen-bond donors (Lipinski definition) is 3. The molecule has 1 aliphatic heterocycles. The van der Waals surface area contributed by atoms with Crippen molar-refractivity contribution in [3.8, 4) is 5.75 Å². The van der Waals surface area contributed by atoms with E-state index in [2.05, 4.69) is 0 Å². The first-order valence-corrected chi connectivity index (χ1v) is 8.62. The van der Waals surface area contributed by atoms with E-state index in [1.165, 1.54) is 24.0 Å². The van der Waals surface area contributed by atoms with Crippen molar-refractivity contribution in [3.05, 3.63) is 70.8 Å². The van der Waals surface area contributed by atoms with Crippen LogP contribution in [0.5, 0.6) is 5.75 Å². The van der Waals surface area contributed by atoms with Crippen LogP contribution in [0, 0.1) is 6.92 Å². The van der Waals surface area contributed by atoms with E-state index in [0.717, 1.165) is 5.56 Å². The normalized spacial score (nSPS) is 20.1. The lowest BCUT2D eigenvalue weighted by Gasteiger charge is -2.26. The Labute approximate surface area is 157 Å². The first-order valence-electron chi connectivity index (χ1n) is 8.62.